The van der Waals surface area contributed by atoms with Gasteiger partial charge in [-0.15, -0.1) is 0 Å². The maximum atomic E-state index is 12.9. The number of alkyl carbamates (subject to hydrolysis) is 1. The number of aromatic nitrogens is 6. The van der Waals surface area contributed by atoms with E-state index in [1.165, 1.54) is 11.8 Å². The first-order valence-electron chi connectivity index (χ1n) is 14.6. The third-order valence-electron chi connectivity index (χ3n) is 8.22. The number of aryl methyl sites for hydroxylation is 1. The molecule has 4 aromatic rings. The lowest BCUT2D eigenvalue weighted by atomic mass is 9.68. The molecule has 6 rings (SSSR count). The SMILES string of the molecule is Cn1cc2c(Cl)c(Sc3cnc(N4CCC5(CC4)CCN(c4ncc(Cl)cn4)CC5NC(=O)OC(C)(C)C)cn3)ccc2n1. The predicted molar refractivity (Wildman–Crippen MR) is 173 cm³/mol. The van der Waals surface area contributed by atoms with Crippen molar-refractivity contribution in [2.45, 2.75) is 61.6 Å². The molecule has 1 spiro atoms. The molecule has 232 valence electrons. The van der Waals surface area contributed by atoms with Crippen LogP contribution in [0.25, 0.3) is 10.9 Å². The third-order valence-corrected chi connectivity index (χ3v) is 9.91. The van der Waals surface area contributed by atoms with Gasteiger partial charge in [-0.2, -0.15) is 5.10 Å². The Hall–Kier alpha value is -3.35. The summed E-state index contributed by atoms with van der Waals surface area (Å²) in [5, 5.41) is 10.5. The van der Waals surface area contributed by atoms with Crippen LogP contribution in [-0.4, -0.2) is 73.6 Å². The van der Waals surface area contributed by atoms with Crippen LogP contribution in [-0.2, 0) is 11.8 Å². The van der Waals surface area contributed by atoms with E-state index in [0.717, 1.165) is 65.5 Å². The first kappa shape index (κ1) is 30.7. The molecule has 14 heteroatoms. The quantitative estimate of drug-likeness (QED) is 0.274. The molecule has 0 bridgehead atoms. The highest BCUT2D eigenvalue weighted by Crippen LogP contribution is 2.43. The van der Waals surface area contributed by atoms with Crippen molar-refractivity contribution in [3.8, 4) is 0 Å². The maximum Gasteiger partial charge on any atom is 0.407 e. The first-order valence-corrected chi connectivity index (χ1v) is 16.1. The number of halogens is 2. The molecular weight excluding hydrogens is 621 g/mol. The van der Waals surface area contributed by atoms with Gasteiger partial charge in [0.2, 0.25) is 5.95 Å². The van der Waals surface area contributed by atoms with E-state index in [1.807, 2.05) is 52.3 Å². The number of amides is 1. The summed E-state index contributed by atoms with van der Waals surface area (Å²) < 4.78 is 7.40. The van der Waals surface area contributed by atoms with Crippen LogP contribution < -0.4 is 15.1 Å². The number of piperidine rings is 2. The zero-order valence-electron chi connectivity index (χ0n) is 25.1. The molecule has 5 heterocycles. The van der Waals surface area contributed by atoms with Gasteiger partial charge in [-0.05, 0) is 57.6 Å². The molecule has 0 saturated carbocycles. The number of fused-ring (bicyclic) bond motifs is 1. The minimum atomic E-state index is -0.589. The number of ether oxygens (including phenoxy) is 1. The van der Waals surface area contributed by atoms with Crippen LogP contribution in [0.1, 0.15) is 40.0 Å². The molecule has 1 unspecified atom stereocenters. The summed E-state index contributed by atoms with van der Waals surface area (Å²) in [4.78, 5) is 36.5. The monoisotopic (exact) mass is 655 g/mol. The lowest BCUT2D eigenvalue weighted by Crippen LogP contribution is -2.62. The second-order valence-corrected chi connectivity index (χ2v) is 14.3. The molecule has 1 N–H and O–H groups in total. The number of carbonyl (C=O) groups is 1. The summed E-state index contributed by atoms with van der Waals surface area (Å²) in [5.41, 5.74) is 0.175. The van der Waals surface area contributed by atoms with Gasteiger partial charge in [0, 0.05) is 49.7 Å². The lowest BCUT2D eigenvalue weighted by molar-refractivity contribution is 0.0378. The Bertz CT molecular complexity index is 1640. The smallest absolute Gasteiger partial charge is 0.407 e. The van der Waals surface area contributed by atoms with E-state index in [-0.39, 0.29) is 11.5 Å². The highest BCUT2D eigenvalue weighted by Gasteiger charge is 2.46. The molecule has 0 aliphatic carbocycles. The summed E-state index contributed by atoms with van der Waals surface area (Å²) in [7, 11) is 1.88. The fraction of sp³-hybridized carbons (Fsp3) is 0.467. The summed E-state index contributed by atoms with van der Waals surface area (Å²) in [6, 6.07) is 3.79. The average molecular weight is 657 g/mol. The van der Waals surface area contributed by atoms with Crippen molar-refractivity contribution in [1.82, 2.24) is 35.0 Å². The van der Waals surface area contributed by atoms with Crippen molar-refractivity contribution < 1.29 is 9.53 Å². The van der Waals surface area contributed by atoms with Crippen LogP contribution in [0.15, 0.2) is 53.0 Å². The van der Waals surface area contributed by atoms with Gasteiger partial charge < -0.3 is 19.9 Å². The average Bonchev–Trinajstić information content (AvgIpc) is 3.37. The van der Waals surface area contributed by atoms with E-state index in [4.69, 9.17) is 37.9 Å². The minimum Gasteiger partial charge on any atom is -0.444 e. The fourth-order valence-corrected chi connectivity index (χ4v) is 7.18. The van der Waals surface area contributed by atoms with Gasteiger partial charge in [-0.1, -0.05) is 35.0 Å². The topological polar surface area (TPSA) is 114 Å². The molecule has 1 aromatic carbocycles. The number of nitrogens with zero attached hydrogens (tertiary/aromatic N) is 8. The molecule has 0 radical (unpaired) electrons. The summed E-state index contributed by atoms with van der Waals surface area (Å²) in [6.45, 7) is 8.58. The van der Waals surface area contributed by atoms with Crippen LogP contribution in [0.3, 0.4) is 0 Å². The number of anilines is 2. The van der Waals surface area contributed by atoms with Gasteiger partial charge in [0.25, 0.3) is 0 Å². The molecule has 2 saturated heterocycles. The Kier molecular flexibility index (Phi) is 8.51. The summed E-state index contributed by atoms with van der Waals surface area (Å²) in [6.07, 6.45) is 11.0. The number of rotatable bonds is 5. The molecule has 11 nitrogen and oxygen atoms in total. The van der Waals surface area contributed by atoms with E-state index in [1.54, 1.807) is 23.3 Å². The highest BCUT2D eigenvalue weighted by molar-refractivity contribution is 7.99. The van der Waals surface area contributed by atoms with Gasteiger partial charge in [-0.25, -0.2) is 24.7 Å². The van der Waals surface area contributed by atoms with Gasteiger partial charge in [0.05, 0.1) is 46.4 Å². The standard InChI is InChI=1S/C30H35Cl2N9O2S/c1-29(2,3)43-28(42)37-23-18-41(27-35-13-19(31)14-36-27)12-9-30(23)7-10-40(11-8-30)24-15-34-25(16-33-24)44-22-6-5-21-20(26(22)32)17-39(4)38-21/h5-6,13-17,23H,7-12,18H2,1-4H3,(H,37,42). The van der Waals surface area contributed by atoms with Crippen molar-refractivity contribution in [3.63, 3.8) is 0 Å². The molecule has 2 fully saturated rings. The van der Waals surface area contributed by atoms with Crippen molar-refractivity contribution in [2.75, 3.05) is 36.0 Å². The molecule has 2 aliphatic rings. The molecular formula is C30H35Cl2N9O2S. The van der Waals surface area contributed by atoms with E-state index < -0.39 is 11.7 Å². The number of hydrogen-bond acceptors (Lipinski definition) is 10. The van der Waals surface area contributed by atoms with Crippen LogP contribution >= 0.6 is 35.0 Å². The summed E-state index contributed by atoms with van der Waals surface area (Å²) in [5.74, 6) is 1.44. The van der Waals surface area contributed by atoms with Gasteiger partial charge >= 0.3 is 6.09 Å². The van der Waals surface area contributed by atoms with Crippen molar-refractivity contribution in [1.29, 1.82) is 0 Å². The highest BCUT2D eigenvalue weighted by atomic mass is 35.5. The first-order chi connectivity index (χ1) is 21.0. The van der Waals surface area contributed by atoms with Gasteiger partial charge in [-0.3, -0.25) is 4.68 Å². The largest absolute Gasteiger partial charge is 0.444 e. The van der Waals surface area contributed by atoms with Gasteiger partial charge in [0.1, 0.15) is 16.4 Å². The van der Waals surface area contributed by atoms with Crippen LogP contribution in [0.5, 0.6) is 0 Å². The van der Waals surface area contributed by atoms with Crippen LogP contribution in [0, 0.1) is 5.41 Å². The number of nitrogens with one attached hydrogen (secondary N) is 1. The number of hydrogen-bond donors (Lipinski definition) is 1. The zero-order chi connectivity index (χ0) is 31.1. The van der Waals surface area contributed by atoms with Crippen LogP contribution in [0.2, 0.25) is 10.0 Å². The molecule has 3 aromatic heterocycles. The fourth-order valence-electron chi connectivity index (χ4n) is 5.99. The second kappa shape index (κ2) is 12.2. The van der Waals surface area contributed by atoms with E-state index in [0.29, 0.717) is 22.5 Å². The van der Waals surface area contributed by atoms with E-state index in [9.17, 15) is 4.79 Å². The van der Waals surface area contributed by atoms with Crippen molar-refractivity contribution in [3.05, 3.63) is 53.2 Å². The van der Waals surface area contributed by atoms with Gasteiger partial charge in [0.15, 0.2) is 0 Å². The molecule has 2 aliphatic heterocycles. The summed E-state index contributed by atoms with van der Waals surface area (Å²) >= 11 is 14.2. The Morgan fingerprint density at radius 1 is 1.00 bits per heavy atom. The maximum absolute atomic E-state index is 12.9. The number of carbonyl (C=O) groups excluding carboxylic acids is 1. The molecule has 1 amide bonds. The van der Waals surface area contributed by atoms with Crippen molar-refractivity contribution in [2.24, 2.45) is 12.5 Å². The Labute approximate surface area is 270 Å². The van der Waals surface area contributed by atoms with Crippen LogP contribution in [0.4, 0.5) is 16.6 Å². The second-order valence-electron chi connectivity index (χ2n) is 12.4. The number of benzene rings is 1. The third kappa shape index (κ3) is 6.67. The van der Waals surface area contributed by atoms with Crippen molar-refractivity contribution >= 4 is 63.7 Å². The Balaban J connectivity index is 1.13. The molecule has 1 atom stereocenters. The Morgan fingerprint density at radius 3 is 2.36 bits per heavy atom. The normalized spacial score (nSPS) is 18.5. The molecule has 44 heavy (non-hydrogen) atoms. The lowest BCUT2D eigenvalue weighted by Gasteiger charge is -2.51. The minimum absolute atomic E-state index is 0.0960. The van der Waals surface area contributed by atoms with E-state index >= 15 is 0 Å². The van der Waals surface area contributed by atoms with E-state index in [2.05, 4.69) is 30.2 Å². The predicted octanol–water partition coefficient (Wildman–Crippen LogP) is 6.00. The Morgan fingerprint density at radius 2 is 1.70 bits per heavy atom. The zero-order valence-corrected chi connectivity index (χ0v) is 27.5.